The Kier molecular flexibility index (Phi) is 5.28. The summed E-state index contributed by atoms with van der Waals surface area (Å²) in [4.78, 5) is 3.72. The molecule has 1 heterocycles. The molecule has 0 aliphatic heterocycles. The van der Waals surface area contributed by atoms with Crippen molar-refractivity contribution in [1.29, 1.82) is 0 Å². The lowest BCUT2D eigenvalue weighted by atomic mass is 10.2. The van der Waals surface area contributed by atoms with Crippen LogP contribution in [0.5, 0.6) is 0 Å². The maximum Gasteiger partial charge on any atom is 0.413 e. The Bertz CT molecular complexity index is 419. The van der Waals surface area contributed by atoms with Crippen LogP contribution in [-0.4, -0.2) is 20.5 Å². The summed E-state index contributed by atoms with van der Waals surface area (Å²) in [6.45, 7) is 4.79. The van der Waals surface area contributed by atoms with Crippen LogP contribution in [-0.2, 0) is 11.4 Å². The van der Waals surface area contributed by atoms with Gasteiger partial charge in [-0.05, 0) is 48.8 Å². The van der Waals surface area contributed by atoms with Gasteiger partial charge in [0.2, 0.25) is 0 Å². The van der Waals surface area contributed by atoms with Crippen LogP contribution in [0.2, 0.25) is 0 Å². The first-order chi connectivity index (χ1) is 8.51. The minimum atomic E-state index is -4.57. The molecule has 0 aliphatic rings. The zero-order chi connectivity index (χ0) is 14.8. The van der Waals surface area contributed by atoms with Crippen LogP contribution in [0.1, 0.15) is 32.5 Å². The quantitative estimate of drug-likeness (QED) is 0.841. The molecule has 0 fully saturated rings. The molecule has 108 valence electrons. The molecule has 0 aromatic carbocycles. The van der Waals surface area contributed by atoms with E-state index in [9.17, 15) is 17.7 Å². The van der Waals surface area contributed by atoms with Crippen molar-refractivity contribution in [3.05, 3.63) is 28.5 Å². The Hall–Kier alpha value is -0.310. The van der Waals surface area contributed by atoms with Gasteiger partial charge in [0.25, 0.3) is 0 Å². The van der Waals surface area contributed by atoms with Crippen molar-refractivity contribution in [2.24, 2.45) is 0 Å². The van der Waals surface area contributed by atoms with Crippen LogP contribution >= 0.6 is 15.9 Å². The topological polar surface area (TPSA) is 48.0 Å². The predicted molar refractivity (Wildman–Crippen MR) is 71.8 cm³/mol. The summed E-state index contributed by atoms with van der Waals surface area (Å²) in [6.07, 6.45) is -3.29. The van der Waals surface area contributed by atoms with Gasteiger partial charge in [-0.1, -0.05) is 0 Å². The first-order valence-corrected chi connectivity index (χ1v) is 7.32. The van der Waals surface area contributed by atoms with Crippen LogP contribution < -0.4 is 4.72 Å². The molecule has 0 bridgehead atoms. The van der Waals surface area contributed by atoms with Gasteiger partial charge in [-0.25, -0.2) is 0 Å². The molecular formula is C11H14BrF3N2OS. The minimum Gasteiger partial charge on any atom is -0.598 e. The third-order valence-corrected chi connectivity index (χ3v) is 4.19. The second kappa shape index (κ2) is 5.99. The summed E-state index contributed by atoms with van der Waals surface area (Å²) in [5, 5.41) is 0. The fourth-order valence-corrected chi connectivity index (χ4v) is 2.19. The van der Waals surface area contributed by atoms with Crippen LogP contribution in [0.3, 0.4) is 0 Å². The number of pyridine rings is 1. The summed E-state index contributed by atoms with van der Waals surface area (Å²) >= 11 is 1.26. The average Bonchev–Trinajstić information content (AvgIpc) is 2.24. The lowest BCUT2D eigenvalue weighted by molar-refractivity contribution is -0.153. The molecule has 1 aromatic rings. The molecule has 0 amide bonds. The van der Waals surface area contributed by atoms with Gasteiger partial charge in [0, 0.05) is 22.0 Å². The maximum atomic E-state index is 13.0. The van der Waals surface area contributed by atoms with Crippen molar-refractivity contribution in [2.75, 3.05) is 0 Å². The number of rotatable bonds is 3. The van der Waals surface area contributed by atoms with Crippen LogP contribution in [0, 0.1) is 0 Å². The standard InChI is InChI=1S/C11H14BrF3N2OS/c1-10(2,3)19(18)17-9(11(13,14)15)8-5-4-7(12)6-16-8/h4-6,9,17H,1-3H3/t9-,19+/m0/s1. The van der Waals surface area contributed by atoms with E-state index < -0.39 is 28.3 Å². The first-order valence-electron chi connectivity index (χ1n) is 5.38. The normalized spacial score (nSPS) is 16.2. The first kappa shape index (κ1) is 16.7. The van der Waals surface area contributed by atoms with Gasteiger partial charge in [0.1, 0.15) is 4.75 Å². The smallest absolute Gasteiger partial charge is 0.413 e. The van der Waals surface area contributed by atoms with E-state index in [1.54, 1.807) is 20.8 Å². The summed E-state index contributed by atoms with van der Waals surface area (Å²) in [5.74, 6) is 0. The molecule has 1 aromatic heterocycles. The Balaban J connectivity index is 3.00. The third kappa shape index (κ3) is 4.94. The molecule has 0 unspecified atom stereocenters. The monoisotopic (exact) mass is 358 g/mol. The van der Waals surface area contributed by atoms with Gasteiger partial charge in [-0.3, -0.25) is 4.98 Å². The number of aromatic nitrogens is 1. The van der Waals surface area contributed by atoms with Gasteiger partial charge in [0.05, 0.1) is 5.69 Å². The van der Waals surface area contributed by atoms with E-state index in [1.807, 2.05) is 0 Å². The number of nitrogens with one attached hydrogen (secondary N) is 1. The fraction of sp³-hybridized carbons (Fsp3) is 0.545. The van der Waals surface area contributed by atoms with E-state index in [4.69, 9.17) is 0 Å². The minimum absolute atomic E-state index is 0.215. The molecule has 19 heavy (non-hydrogen) atoms. The van der Waals surface area contributed by atoms with Gasteiger partial charge in [-0.15, -0.1) is 4.72 Å². The molecule has 1 rings (SSSR count). The number of alkyl halides is 3. The van der Waals surface area contributed by atoms with Crippen LogP contribution in [0.25, 0.3) is 0 Å². The number of hydrogen-bond donors (Lipinski definition) is 1. The fourth-order valence-electron chi connectivity index (χ4n) is 1.14. The van der Waals surface area contributed by atoms with Crippen molar-refractivity contribution in [3.8, 4) is 0 Å². The lowest BCUT2D eigenvalue weighted by Gasteiger charge is -2.28. The average molecular weight is 359 g/mol. The highest BCUT2D eigenvalue weighted by molar-refractivity contribution is 9.10. The van der Waals surface area contributed by atoms with Crippen molar-refractivity contribution in [2.45, 2.75) is 37.7 Å². The highest BCUT2D eigenvalue weighted by Crippen LogP contribution is 2.33. The predicted octanol–water partition coefficient (Wildman–Crippen LogP) is 3.50. The van der Waals surface area contributed by atoms with E-state index in [2.05, 4.69) is 25.6 Å². The van der Waals surface area contributed by atoms with Crippen molar-refractivity contribution >= 4 is 27.3 Å². The highest BCUT2D eigenvalue weighted by Gasteiger charge is 2.46. The lowest BCUT2D eigenvalue weighted by Crippen LogP contribution is -2.45. The summed E-state index contributed by atoms with van der Waals surface area (Å²) in [6, 6.07) is 0.651. The molecule has 1 N–H and O–H groups in total. The number of nitrogens with zero attached hydrogens (tertiary/aromatic N) is 1. The molecule has 2 atom stereocenters. The van der Waals surface area contributed by atoms with Gasteiger partial charge >= 0.3 is 6.18 Å². The Labute approximate surface area is 121 Å². The molecule has 0 radical (unpaired) electrons. The SMILES string of the molecule is CC(C)(C)[S@@+]([O-])N[C@@H](c1ccc(Br)cn1)C(F)(F)F. The molecule has 0 aliphatic carbocycles. The highest BCUT2D eigenvalue weighted by atomic mass is 79.9. The van der Waals surface area contributed by atoms with Crippen LogP contribution in [0.4, 0.5) is 13.2 Å². The van der Waals surface area contributed by atoms with Gasteiger partial charge < -0.3 is 4.55 Å². The Morgan fingerprint density at radius 3 is 2.26 bits per heavy atom. The summed E-state index contributed by atoms with van der Waals surface area (Å²) in [5.41, 5.74) is -0.215. The Morgan fingerprint density at radius 2 is 1.89 bits per heavy atom. The molecule has 8 heteroatoms. The molecule has 0 spiro atoms. The zero-order valence-electron chi connectivity index (χ0n) is 10.6. The van der Waals surface area contributed by atoms with E-state index in [0.29, 0.717) is 4.47 Å². The maximum absolute atomic E-state index is 13.0. The third-order valence-electron chi connectivity index (χ3n) is 2.15. The van der Waals surface area contributed by atoms with E-state index in [1.165, 1.54) is 18.3 Å². The zero-order valence-corrected chi connectivity index (χ0v) is 13.0. The largest absolute Gasteiger partial charge is 0.598 e. The van der Waals surface area contributed by atoms with Crippen molar-refractivity contribution in [3.63, 3.8) is 0 Å². The van der Waals surface area contributed by atoms with E-state index in [0.717, 1.165) is 0 Å². The molecular weight excluding hydrogens is 345 g/mol. The van der Waals surface area contributed by atoms with E-state index >= 15 is 0 Å². The summed E-state index contributed by atoms with van der Waals surface area (Å²) in [7, 11) is 0. The molecule has 3 nitrogen and oxygen atoms in total. The second-order valence-electron chi connectivity index (χ2n) is 4.87. The number of hydrogen-bond acceptors (Lipinski definition) is 3. The Morgan fingerprint density at radius 1 is 1.32 bits per heavy atom. The van der Waals surface area contributed by atoms with Crippen molar-refractivity contribution in [1.82, 2.24) is 9.71 Å². The summed E-state index contributed by atoms with van der Waals surface area (Å²) < 4.78 is 52.7. The van der Waals surface area contributed by atoms with E-state index in [-0.39, 0.29) is 5.69 Å². The van der Waals surface area contributed by atoms with Gasteiger partial charge in [-0.2, -0.15) is 13.2 Å². The van der Waals surface area contributed by atoms with Crippen LogP contribution in [0.15, 0.2) is 22.8 Å². The molecule has 0 saturated carbocycles. The number of halogens is 4. The second-order valence-corrected chi connectivity index (χ2v) is 7.79. The van der Waals surface area contributed by atoms with Gasteiger partial charge in [0.15, 0.2) is 6.04 Å². The van der Waals surface area contributed by atoms with Crippen molar-refractivity contribution < 1.29 is 17.7 Å². The molecule has 0 saturated heterocycles.